The first kappa shape index (κ1) is 16.5. The fourth-order valence-electron chi connectivity index (χ4n) is 1.98. The molecule has 0 spiro atoms. The minimum Gasteiger partial charge on any atom is -0.357 e. The van der Waals surface area contributed by atoms with E-state index in [1.54, 1.807) is 6.92 Å². The third-order valence-electron chi connectivity index (χ3n) is 3.02. The normalized spacial score (nSPS) is 13.0. The highest BCUT2D eigenvalue weighted by Gasteiger charge is 2.11. The van der Waals surface area contributed by atoms with Gasteiger partial charge in [0.05, 0.1) is 6.04 Å². The van der Waals surface area contributed by atoms with Crippen LogP contribution in [0.5, 0.6) is 0 Å². The molecular formula is C15H20BrN5O. The average Bonchev–Trinajstić information content (AvgIpc) is 2.91. The van der Waals surface area contributed by atoms with Crippen LogP contribution in [0.2, 0.25) is 0 Å². The molecule has 2 aromatic rings. The van der Waals surface area contributed by atoms with Crippen molar-refractivity contribution < 1.29 is 4.52 Å². The summed E-state index contributed by atoms with van der Waals surface area (Å²) in [6.45, 7) is 7.03. The largest absolute Gasteiger partial charge is 0.357 e. The SMILES string of the molecule is CCNC(=NCc1noc(C)n1)NC(C)c1ccccc1Br. The Morgan fingerprint density at radius 2 is 2.18 bits per heavy atom. The van der Waals surface area contributed by atoms with Crippen LogP contribution in [0.4, 0.5) is 0 Å². The van der Waals surface area contributed by atoms with Gasteiger partial charge in [-0.15, -0.1) is 0 Å². The second-order valence-electron chi connectivity index (χ2n) is 4.81. The Bertz CT molecular complexity index is 640. The van der Waals surface area contributed by atoms with Crippen molar-refractivity contribution in [3.05, 3.63) is 46.0 Å². The summed E-state index contributed by atoms with van der Waals surface area (Å²) in [5, 5.41) is 10.4. The number of aliphatic imine (C=N–C) groups is 1. The van der Waals surface area contributed by atoms with Crippen molar-refractivity contribution >= 4 is 21.9 Å². The van der Waals surface area contributed by atoms with Gasteiger partial charge in [0, 0.05) is 17.9 Å². The number of guanidine groups is 1. The molecule has 2 rings (SSSR count). The molecule has 1 atom stereocenters. The summed E-state index contributed by atoms with van der Waals surface area (Å²) in [5.41, 5.74) is 1.17. The van der Waals surface area contributed by atoms with E-state index in [2.05, 4.69) is 54.7 Å². The Morgan fingerprint density at radius 1 is 1.41 bits per heavy atom. The molecule has 0 fully saturated rings. The summed E-state index contributed by atoms with van der Waals surface area (Å²) in [4.78, 5) is 8.63. The molecule has 2 N–H and O–H groups in total. The maximum atomic E-state index is 4.95. The van der Waals surface area contributed by atoms with Gasteiger partial charge in [0.2, 0.25) is 5.89 Å². The Labute approximate surface area is 138 Å². The monoisotopic (exact) mass is 365 g/mol. The first-order chi connectivity index (χ1) is 10.6. The Morgan fingerprint density at radius 3 is 2.82 bits per heavy atom. The number of rotatable bonds is 5. The van der Waals surface area contributed by atoms with Gasteiger partial charge in [-0.25, -0.2) is 4.99 Å². The van der Waals surface area contributed by atoms with Crippen molar-refractivity contribution in [2.75, 3.05) is 6.54 Å². The van der Waals surface area contributed by atoms with E-state index in [0.717, 1.165) is 11.0 Å². The number of nitrogens with zero attached hydrogens (tertiary/aromatic N) is 3. The summed E-state index contributed by atoms with van der Waals surface area (Å²) >= 11 is 3.57. The molecule has 0 aliphatic rings. The smallest absolute Gasteiger partial charge is 0.223 e. The van der Waals surface area contributed by atoms with Gasteiger partial charge in [-0.1, -0.05) is 39.3 Å². The minimum absolute atomic E-state index is 0.111. The number of hydrogen-bond donors (Lipinski definition) is 2. The Hall–Kier alpha value is -1.89. The summed E-state index contributed by atoms with van der Waals surface area (Å²) < 4.78 is 6.01. The van der Waals surface area contributed by atoms with Gasteiger partial charge >= 0.3 is 0 Å². The first-order valence-electron chi connectivity index (χ1n) is 7.18. The molecule has 1 unspecified atom stereocenters. The third kappa shape index (κ3) is 4.56. The summed E-state index contributed by atoms with van der Waals surface area (Å²) in [7, 11) is 0. The van der Waals surface area contributed by atoms with E-state index in [0.29, 0.717) is 24.2 Å². The summed E-state index contributed by atoms with van der Waals surface area (Å²) in [6, 6.07) is 8.23. The Balaban J connectivity index is 2.06. The second kappa shape index (κ2) is 7.93. The molecule has 22 heavy (non-hydrogen) atoms. The highest BCUT2D eigenvalue weighted by Crippen LogP contribution is 2.22. The van der Waals surface area contributed by atoms with Gasteiger partial charge < -0.3 is 15.2 Å². The lowest BCUT2D eigenvalue weighted by atomic mass is 10.1. The van der Waals surface area contributed by atoms with Crippen molar-refractivity contribution in [1.82, 2.24) is 20.8 Å². The molecule has 0 aliphatic heterocycles. The number of halogens is 1. The van der Waals surface area contributed by atoms with Crippen LogP contribution in [0.3, 0.4) is 0 Å². The van der Waals surface area contributed by atoms with E-state index < -0.39 is 0 Å². The predicted octanol–water partition coefficient (Wildman–Crippen LogP) is 2.96. The molecule has 6 nitrogen and oxygen atoms in total. The number of hydrogen-bond acceptors (Lipinski definition) is 4. The average molecular weight is 366 g/mol. The van der Waals surface area contributed by atoms with E-state index in [1.165, 1.54) is 5.56 Å². The fourth-order valence-corrected chi connectivity index (χ4v) is 2.61. The molecule has 0 amide bonds. The van der Waals surface area contributed by atoms with Crippen LogP contribution in [0.1, 0.15) is 37.2 Å². The number of aryl methyl sites for hydroxylation is 1. The molecular weight excluding hydrogens is 346 g/mol. The van der Waals surface area contributed by atoms with E-state index in [4.69, 9.17) is 4.52 Å². The van der Waals surface area contributed by atoms with Crippen molar-refractivity contribution in [1.29, 1.82) is 0 Å². The lowest BCUT2D eigenvalue weighted by molar-refractivity contribution is 0.387. The van der Waals surface area contributed by atoms with Crippen molar-refractivity contribution in [2.45, 2.75) is 33.4 Å². The maximum Gasteiger partial charge on any atom is 0.223 e. The molecule has 7 heteroatoms. The van der Waals surface area contributed by atoms with Gasteiger partial charge in [-0.05, 0) is 25.5 Å². The van der Waals surface area contributed by atoms with Crippen molar-refractivity contribution in [3.8, 4) is 0 Å². The molecule has 0 saturated carbocycles. The standard InChI is InChI=1S/C15H20BrN5O/c1-4-17-15(18-9-14-20-11(3)22-21-14)19-10(2)12-7-5-6-8-13(12)16/h5-8,10H,4,9H2,1-3H3,(H2,17,18,19). The zero-order valence-electron chi connectivity index (χ0n) is 12.9. The maximum absolute atomic E-state index is 4.95. The van der Waals surface area contributed by atoms with Gasteiger partial charge in [-0.3, -0.25) is 0 Å². The molecule has 1 aromatic heterocycles. The number of benzene rings is 1. The van der Waals surface area contributed by atoms with Crippen LogP contribution >= 0.6 is 15.9 Å². The van der Waals surface area contributed by atoms with Crippen LogP contribution in [-0.4, -0.2) is 22.6 Å². The molecule has 0 radical (unpaired) electrons. The van der Waals surface area contributed by atoms with Gasteiger partial charge in [0.15, 0.2) is 11.8 Å². The molecule has 0 aliphatic carbocycles. The van der Waals surface area contributed by atoms with Gasteiger partial charge in [0.25, 0.3) is 0 Å². The van der Waals surface area contributed by atoms with Crippen LogP contribution in [0.15, 0.2) is 38.3 Å². The van der Waals surface area contributed by atoms with Crippen molar-refractivity contribution in [2.24, 2.45) is 4.99 Å². The summed E-state index contributed by atoms with van der Waals surface area (Å²) in [6.07, 6.45) is 0. The summed E-state index contributed by atoms with van der Waals surface area (Å²) in [5.74, 6) is 1.83. The molecule has 1 heterocycles. The Kier molecular flexibility index (Phi) is 5.94. The highest BCUT2D eigenvalue weighted by molar-refractivity contribution is 9.10. The highest BCUT2D eigenvalue weighted by atomic mass is 79.9. The zero-order valence-corrected chi connectivity index (χ0v) is 14.5. The third-order valence-corrected chi connectivity index (χ3v) is 3.74. The van der Waals surface area contributed by atoms with Crippen molar-refractivity contribution in [3.63, 3.8) is 0 Å². The van der Waals surface area contributed by atoms with E-state index in [9.17, 15) is 0 Å². The van der Waals surface area contributed by atoms with E-state index in [-0.39, 0.29) is 6.04 Å². The fraction of sp³-hybridized carbons (Fsp3) is 0.400. The quantitative estimate of drug-likeness (QED) is 0.629. The number of aromatic nitrogens is 2. The van der Waals surface area contributed by atoms with Crippen LogP contribution in [0.25, 0.3) is 0 Å². The lowest BCUT2D eigenvalue weighted by Gasteiger charge is -2.19. The number of nitrogens with one attached hydrogen (secondary N) is 2. The first-order valence-corrected chi connectivity index (χ1v) is 7.98. The van der Waals surface area contributed by atoms with E-state index >= 15 is 0 Å². The lowest BCUT2D eigenvalue weighted by Crippen LogP contribution is -2.38. The van der Waals surface area contributed by atoms with Gasteiger partial charge in [0.1, 0.15) is 6.54 Å². The molecule has 0 saturated heterocycles. The zero-order chi connectivity index (χ0) is 15.9. The van der Waals surface area contributed by atoms with Crippen LogP contribution in [-0.2, 0) is 6.54 Å². The second-order valence-corrected chi connectivity index (χ2v) is 5.67. The van der Waals surface area contributed by atoms with E-state index in [1.807, 2.05) is 25.1 Å². The molecule has 0 bridgehead atoms. The topological polar surface area (TPSA) is 75.3 Å². The molecule has 1 aromatic carbocycles. The predicted molar refractivity (Wildman–Crippen MR) is 89.5 cm³/mol. The molecule has 118 valence electrons. The minimum atomic E-state index is 0.111. The van der Waals surface area contributed by atoms with Gasteiger partial charge in [-0.2, -0.15) is 4.98 Å². The van der Waals surface area contributed by atoms with Crippen LogP contribution < -0.4 is 10.6 Å². The van der Waals surface area contributed by atoms with Crippen LogP contribution in [0, 0.1) is 6.92 Å².